The SMILES string of the molecule is CCN1CCCC1CNC(=O)Cc1csc(-c2ccccc2)n1. The summed E-state index contributed by atoms with van der Waals surface area (Å²) in [6.45, 7) is 5.15. The van der Waals surface area contributed by atoms with E-state index in [9.17, 15) is 4.79 Å². The van der Waals surface area contributed by atoms with Crippen LogP contribution in [0.1, 0.15) is 25.5 Å². The van der Waals surface area contributed by atoms with Crippen LogP contribution in [0.5, 0.6) is 0 Å². The van der Waals surface area contributed by atoms with Gasteiger partial charge in [-0.2, -0.15) is 0 Å². The maximum Gasteiger partial charge on any atom is 0.226 e. The molecule has 0 spiro atoms. The predicted octanol–water partition coefficient (Wildman–Crippen LogP) is 2.95. The molecule has 122 valence electrons. The number of carbonyl (C=O) groups is 1. The van der Waals surface area contributed by atoms with E-state index in [0.717, 1.165) is 35.9 Å². The van der Waals surface area contributed by atoms with Gasteiger partial charge in [-0.25, -0.2) is 4.98 Å². The highest BCUT2D eigenvalue weighted by Crippen LogP contribution is 2.23. The molecule has 4 nitrogen and oxygen atoms in total. The summed E-state index contributed by atoms with van der Waals surface area (Å²) in [7, 11) is 0. The number of carbonyl (C=O) groups excluding carboxylic acids is 1. The Balaban J connectivity index is 1.51. The number of benzene rings is 1. The fourth-order valence-electron chi connectivity index (χ4n) is 3.10. The number of likely N-dealkylation sites (tertiary alicyclic amines) is 1. The van der Waals surface area contributed by atoms with E-state index < -0.39 is 0 Å². The van der Waals surface area contributed by atoms with Crippen molar-refractivity contribution in [3.05, 3.63) is 41.4 Å². The van der Waals surface area contributed by atoms with Gasteiger partial charge in [-0.1, -0.05) is 37.3 Å². The lowest BCUT2D eigenvalue weighted by atomic mass is 10.2. The number of amides is 1. The molecule has 0 radical (unpaired) electrons. The number of likely N-dealkylation sites (N-methyl/N-ethyl adjacent to an activating group) is 1. The number of nitrogens with one attached hydrogen (secondary N) is 1. The van der Waals surface area contributed by atoms with E-state index in [0.29, 0.717) is 12.5 Å². The van der Waals surface area contributed by atoms with Crippen LogP contribution < -0.4 is 5.32 Å². The van der Waals surface area contributed by atoms with Crippen molar-refractivity contribution in [3.63, 3.8) is 0 Å². The zero-order valence-corrected chi connectivity index (χ0v) is 14.3. The number of aromatic nitrogens is 1. The molecule has 1 unspecified atom stereocenters. The standard InChI is InChI=1S/C18H23N3OS/c1-2-21-10-6-9-16(21)12-19-17(22)11-15-13-23-18(20-15)14-7-4-3-5-8-14/h3-5,7-8,13,16H,2,6,9-12H2,1H3,(H,19,22). The van der Waals surface area contributed by atoms with Crippen LogP contribution in [0.25, 0.3) is 10.6 Å². The number of hydrogen-bond donors (Lipinski definition) is 1. The smallest absolute Gasteiger partial charge is 0.226 e. The summed E-state index contributed by atoms with van der Waals surface area (Å²) in [5, 5.41) is 6.03. The van der Waals surface area contributed by atoms with Crippen molar-refractivity contribution in [1.82, 2.24) is 15.2 Å². The van der Waals surface area contributed by atoms with Crippen molar-refractivity contribution in [3.8, 4) is 10.6 Å². The largest absolute Gasteiger partial charge is 0.354 e. The highest BCUT2D eigenvalue weighted by atomic mass is 32.1. The Labute approximate surface area is 141 Å². The van der Waals surface area contributed by atoms with Gasteiger partial charge in [0.25, 0.3) is 0 Å². The minimum absolute atomic E-state index is 0.0675. The van der Waals surface area contributed by atoms with Crippen LogP contribution in [-0.2, 0) is 11.2 Å². The zero-order valence-electron chi connectivity index (χ0n) is 13.5. The number of hydrogen-bond acceptors (Lipinski definition) is 4. The quantitative estimate of drug-likeness (QED) is 0.886. The van der Waals surface area contributed by atoms with Gasteiger partial charge in [0.1, 0.15) is 5.01 Å². The lowest BCUT2D eigenvalue weighted by Gasteiger charge is -2.22. The van der Waals surface area contributed by atoms with Gasteiger partial charge >= 0.3 is 0 Å². The Morgan fingerprint density at radius 3 is 3.00 bits per heavy atom. The maximum atomic E-state index is 12.1. The molecule has 1 aliphatic rings. The normalized spacial score (nSPS) is 18.2. The molecule has 0 saturated carbocycles. The summed E-state index contributed by atoms with van der Waals surface area (Å²) < 4.78 is 0. The lowest BCUT2D eigenvalue weighted by molar-refractivity contribution is -0.120. The minimum Gasteiger partial charge on any atom is -0.354 e. The third kappa shape index (κ3) is 4.18. The Bertz CT molecular complexity index is 641. The summed E-state index contributed by atoms with van der Waals surface area (Å²) in [6, 6.07) is 10.6. The van der Waals surface area contributed by atoms with Gasteiger partial charge in [0, 0.05) is 23.5 Å². The van der Waals surface area contributed by atoms with Crippen molar-refractivity contribution < 1.29 is 4.79 Å². The summed E-state index contributed by atoms with van der Waals surface area (Å²) in [6.07, 6.45) is 2.78. The molecule has 5 heteroatoms. The monoisotopic (exact) mass is 329 g/mol. The number of rotatable bonds is 6. The Morgan fingerprint density at radius 2 is 2.22 bits per heavy atom. The van der Waals surface area contributed by atoms with Crippen molar-refractivity contribution in [1.29, 1.82) is 0 Å². The van der Waals surface area contributed by atoms with Crippen LogP contribution in [0.2, 0.25) is 0 Å². The second-order valence-electron chi connectivity index (χ2n) is 5.92. The van der Waals surface area contributed by atoms with Gasteiger partial charge in [-0.15, -0.1) is 11.3 Å². The molecule has 3 rings (SSSR count). The number of thiazole rings is 1. The molecule has 1 aromatic carbocycles. The Morgan fingerprint density at radius 1 is 1.39 bits per heavy atom. The van der Waals surface area contributed by atoms with Crippen LogP contribution in [0.4, 0.5) is 0 Å². The topological polar surface area (TPSA) is 45.2 Å². The van der Waals surface area contributed by atoms with Crippen LogP contribution >= 0.6 is 11.3 Å². The van der Waals surface area contributed by atoms with E-state index in [1.165, 1.54) is 12.8 Å². The average Bonchev–Trinajstić information content (AvgIpc) is 3.22. The van der Waals surface area contributed by atoms with E-state index in [1.54, 1.807) is 11.3 Å². The van der Waals surface area contributed by atoms with Crippen molar-refractivity contribution in [2.45, 2.75) is 32.2 Å². The van der Waals surface area contributed by atoms with E-state index in [1.807, 2.05) is 35.7 Å². The highest BCUT2D eigenvalue weighted by molar-refractivity contribution is 7.13. The Kier molecular flexibility index (Phi) is 5.41. The van der Waals surface area contributed by atoms with Gasteiger partial charge in [0.15, 0.2) is 0 Å². The molecule has 1 saturated heterocycles. The van der Waals surface area contributed by atoms with Crippen molar-refractivity contribution in [2.24, 2.45) is 0 Å². The first-order valence-corrected chi connectivity index (χ1v) is 9.15. The average molecular weight is 329 g/mol. The summed E-state index contributed by atoms with van der Waals surface area (Å²) in [4.78, 5) is 19.2. The van der Waals surface area contributed by atoms with E-state index >= 15 is 0 Å². The first-order valence-electron chi connectivity index (χ1n) is 8.27. The molecule has 23 heavy (non-hydrogen) atoms. The Hall–Kier alpha value is -1.72. The lowest BCUT2D eigenvalue weighted by Crippen LogP contribution is -2.40. The molecule has 1 amide bonds. The van der Waals surface area contributed by atoms with E-state index in [4.69, 9.17) is 0 Å². The molecule has 1 aromatic heterocycles. The van der Waals surface area contributed by atoms with Gasteiger partial charge in [0.2, 0.25) is 5.91 Å². The summed E-state index contributed by atoms with van der Waals surface area (Å²) >= 11 is 1.59. The van der Waals surface area contributed by atoms with Gasteiger partial charge in [0.05, 0.1) is 12.1 Å². The summed E-state index contributed by atoms with van der Waals surface area (Å²) in [5.74, 6) is 0.0675. The molecular weight excluding hydrogens is 306 g/mol. The first-order chi connectivity index (χ1) is 11.3. The molecule has 1 fully saturated rings. The fraction of sp³-hybridized carbons (Fsp3) is 0.444. The van der Waals surface area contributed by atoms with Crippen LogP contribution in [0.15, 0.2) is 35.7 Å². The molecular formula is C18H23N3OS. The zero-order chi connectivity index (χ0) is 16.1. The first kappa shape index (κ1) is 16.1. The molecule has 0 bridgehead atoms. The third-order valence-electron chi connectivity index (χ3n) is 4.35. The van der Waals surface area contributed by atoms with E-state index in [-0.39, 0.29) is 5.91 Å². The third-order valence-corrected chi connectivity index (χ3v) is 5.29. The molecule has 1 atom stereocenters. The summed E-state index contributed by atoms with van der Waals surface area (Å²) in [5.41, 5.74) is 1.96. The molecule has 2 heterocycles. The fourth-order valence-corrected chi connectivity index (χ4v) is 3.93. The van der Waals surface area contributed by atoms with Crippen LogP contribution in [0, 0.1) is 0 Å². The maximum absolute atomic E-state index is 12.1. The van der Waals surface area contributed by atoms with Crippen LogP contribution in [-0.4, -0.2) is 41.5 Å². The van der Waals surface area contributed by atoms with Gasteiger partial charge in [-0.3, -0.25) is 9.69 Å². The van der Waals surface area contributed by atoms with Gasteiger partial charge < -0.3 is 5.32 Å². The minimum atomic E-state index is 0.0675. The molecule has 1 aliphatic heterocycles. The molecule has 1 N–H and O–H groups in total. The number of nitrogens with zero attached hydrogens (tertiary/aromatic N) is 2. The van der Waals surface area contributed by atoms with Crippen molar-refractivity contribution >= 4 is 17.2 Å². The van der Waals surface area contributed by atoms with Crippen molar-refractivity contribution in [2.75, 3.05) is 19.6 Å². The van der Waals surface area contributed by atoms with E-state index in [2.05, 4.69) is 22.1 Å². The van der Waals surface area contributed by atoms with Crippen LogP contribution in [0.3, 0.4) is 0 Å². The second kappa shape index (κ2) is 7.70. The van der Waals surface area contributed by atoms with Gasteiger partial charge in [-0.05, 0) is 25.9 Å². The molecule has 2 aromatic rings. The second-order valence-corrected chi connectivity index (χ2v) is 6.77. The highest BCUT2D eigenvalue weighted by Gasteiger charge is 2.23. The predicted molar refractivity (Wildman–Crippen MR) is 94.5 cm³/mol. The molecule has 0 aliphatic carbocycles.